The Morgan fingerprint density at radius 1 is 0.418 bits per heavy atom. The van der Waals surface area contributed by atoms with Crippen LogP contribution < -0.4 is 4.90 Å². The summed E-state index contributed by atoms with van der Waals surface area (Å²) in [5, 5.41) is 23.2. The minimum absolute atomic E-state index is 0.460. The van der Waals surface area contributed by atoms with Gasteiger partial charge in [0.2, 0.25) is 0 Å². The Balaban J connectivity index is 1.26. The van der Waals surface area contributed by atoms with Crippen LogP contribution in [0, 0.1) is 22.7 Å². The molecule has 0 saturated heterocycles. The topological polar surface area (TPSA) is 55.8 Å². The van der Waals surface area contributed by atoms with Gasteiger partial charge in [0.05, 0.1) is 51.1 Å². The van der Waals surface area contributed by atoms with Crippen molar-refractivity contribution in [3.05, 3.63) is 215 Å². The van der Waals surface area contributed by atoms with Crippen molar-refractivity contribution >= 4 is 38.9 Å². The zero-order valence-electron chi connectivity index (χ0n) is 29.6. The van der Waals surface area contributed by atoms with E-state index in [1.54, 1.807) is 18.2 Å². The molecule has 1 spiro atoms. The number of anilines is 3. The van der Waals surface area contributed by atoms with E-state index in [1.807, 2.05) is 0 Å². The van der Waals surface area contributed by atoms with Gasteiger partial charge in [0.1, 0.15) is 0 Å². The molecule has 254 valence electrons. The van der Waals surface area contributed by atoms with E-state index in [0.29, 0.717) is 16.7 Å². The summed E-state index contributed by atoms with van der Waals surface area (Å²) in [6, 6.07) is 69.0. The fourth-order valence-corrected chi connectivity index (χ4v) is 9.59. The maximum atomic E-state index is 10.4. The highest BCUT2D eigenvalue weighted by molar-refractivity contribution is 6.09. The summed E-state index contributed by atoms with van der Waals surface area (Å²) in [7, 11) is 0. The molecule has 55 heavy (non-hydrogen) atoms. The molecule has 0 radical (unpaired) electrons. The lowest BCUT2D eigenvalue weighted by Crippen LogP contribution is -2.36. The van der Waals surface area contributed by atoms with Crippen molar-refractivity contribution in [3.8, 4) is 40.1 Å². The molecule has 0 bridgehead atoms. The quantitative estimate of drug-likeness (QED) is 0.185. The molecule has 2 aliphatic rings. The van der Waals surface area contributed by atoms with Crippen molar-refractivity contribution in [2.75, 3.05) is 4.90 Å². The molecule has 4 heteroatoms. The van der Waals surface area contributed by atoms with E-state index in [9.17, 15) is 10.5 Å². The third-order valence-electron chi connectivity index (χ3n) is 11.6. The van der Waals surface area contributed by atoms with Gasteiger partial charge in [0, 0.05) is 27.7 Å². The number of fused-ring (bicyclic) bond motifs is 12. The van der Waals surface area contributed by atoms with E-state index in [1.165, 1.54) is 33.4 Å². The highest BCUT2D eigenvalue weighted by Gasteiger charge is 2.51. The molecule has 1 aliphatic heterocycles. The minimum Gasteiger partial charge on any atom is -0.310 e. The minimum atomic E-state index is -0.536. The van der Waals surface area contributed by atoms with Crippen LogP contribution in [0.1, 0.15) is 33.4 Å². The fraction of sp³-hybridized carbons (Fsp3) is 0.0196. The zero-order chi connectivity index (χ0) is 36.7. The van der Waals surface area contributed by atoms with Gasteiger partial charge in [-0.25, -0.2) is 0 Å². The van der Waals surface area contributed by atoms with Gasteiger partial charge >= 0.3 is 0 Å². The highest BCUT2D eigenvalue weighted by atomic mass is 15.2. The zero-order valence-corrected chi connectivity index (χ0v) is 29.6. The monoisotopic (exact) mass is 698 g/mol. The van der Waals surface area contributed by atoms with Crippen molar-refractivity contribution in [2.45, 2.75) is 5.41 Å². The van der Waals surface area contributed by atoms with Gasteiger partial charge in [-0.1, -0.05) is 127 Å². The summed E-state index contributed by atoms with van der Waals surface area (Å²) < 4.78 is 2.31. The van der Waals surface area contributed by atoms with E-state index in [4.69, 9.17) is 0 Å². The summed E-state index contributed by atoms with van der Waals surface area (Å²) in [4.78, 5) is 2.38. The second kappa shape index (κ2) is 11.7. The fourth-order valence-electron chi connectivity index (χ4n) is 9.59. The average molecular weight is 699 g/mol. The highest BCUT2D eigenvalue weighted by Crippen LogP contribution is 2.63. The van der Waals surface area contributed by atoms with Crippen LogP contribution in [0.3, 0.4) is 0 Å². The predicted octanol–water partition coefficient (Wildman–Crippen LogP) is 12.3. The molecule has 0 N–H and O–H groups in total. The Hall–Kier alpha value is -7.66. The van der Waals surface area contributed by atoms with Crippen molar-refractivity contribution in [1.29, 1.82) is 10.5 Å². The molecule has 1 aliphatic carbocycles. The lowest BCUT2D eigenvalue weighted by atomic mass is 9.64. The Morgan fingerprint density at radius 3 is 1.42 bits per heavy atom. The van der Waals surface area contributed by atoms with Crippen LogP contribution in [-0.4, -0.2) is 4.57 Å². The van der Waals surface area contributed by atoms with Crippen LogP contribution in [0.5, 0.6) is 0 Å². The first-order valence-corrected chi connectivity index (χ1v) is 18.5. The maximum absolute atomic E-state index is 10.4. The van der Waals surface area contributed by atoms with Crippen LogP contribution in [-0.2, 0) is 5.41 Å². The number of rotatable bonds is 3. The van der Waals surface area contributed by atoms with Crippen LogP contribution in [0.15, 0.2) is 182 Å². The lowest BCUT2D eigenvalue weighted by Gasteiger charge is -2.45. The maximum Gasteiger partial charge on any atom is 0.0998 e. The molecule has 0 fully saturated rings. The van der Waals surface area contributed by atoms with E-state index in [2.05, 4.69) is 185 Å². The Kier molecular flexibility index (Phi) is 6.56. The summed E-state index contributed by atoms with van der Waals surface area (Å²) in [6.07, 6.45) is 0. The second-order valence-corrected chi connectivity index (χ2v) is 14.3. The van der Waals surface area contributed by atoms with Gasteiger partial charge in [-0.3, -0.25) is 0 Å². The van der Waals surface area contributed by atoms with Gasteiger partial charge < -0.3 is 9.47 Å². The molecule has 2 heterocycles. The number of hydrogen-bond donors (Lipinski definition) is 0. The second-order valence-electron chi connectivity index (χ2n) is 14.3. The number of benzene rings is 8. The van der Waals surface area contributed by atoms with Crippen molar-refractivity contribution in [1.82, 2.24) is 4.57 Å². The molecule has 0 atom stereocenters. The predicted molar refractivity (Wildman–Crippen MR) is 221 cm³/mol. The van der Waals surface area contributed by atoms with Crippen molar-refractivity contribution in [2.24, 2.45) is 0 Å². The van der Waals surface area contributed by atoms with Gasteiger partial charge in [0.15, 0.2) is 0 Å². The summed E-state index contributed by atoms with van der Waals surface area (Å²) in [5.41, 5.74) is 15.5. The van der Waals surface area contributed by atoms with E-state index in [-0.39, 0.29) is 0 Å². The van der Waals surface area contributed by atoms with Crippen molar-refractivity contribution in [3.63, 3.8) is 0 Å². The van der Waals surface area contributed by atoms with Crippen molar-refractivity contribution < 1.29 is 0 Å². The van der Waals surface area contributed by atoms with E-state index in [0.717, 1.165) is 50.1 Å². The standard InChI is InChI=1S/C51H30N4/c52-31-33-14-13-15-34(32-53)50(33)35-28-36(54-46-24-9-3-18-40(46)41-19-4-10-25-47(41)54)30-37(29-35)55-48-26-11-7-22-44(48)51(45-23-8-12-27-49(45)55)42-20-5-1-16-38(42)39-17-2-6-21-43(39)51/h1-30H. The van der Waals surface area contributed by atoms with Gasteiger partial charge in [-0.2, -0.15) is 10.5 Å². The molecule has 4 nitrogen and oxygen atoms in total. The molecular weight excluding hydrogens is 669 g/mol. The Bertz CT molecular complexity index is 2970. The average Bonchev–Trinajstić information content (AvgIpc) is 3.74. The van der Waals surface area contributed by atoms with E-state index < -0.39 is 5.41 Å². The van der Waals surface area contributed by atoms with Crippen LogP contribution in [0.2, 0.25) is 0 Å². The lowest BCUT2D eigenvalue weighted by molar-refractivity contribution is 0.752. The van der Waals surface area contributed by atoms with Crippen LogP contribution in [0.25, 0.3) is 49.7 Å². The van der Waals surface area contributed by atoms with Gasteiger partial charge in [-0.05, 0) is 93.5 Å². The molecule has 0 amide bonds. The van der Waals surface area contributed by atoms with Crippen LogP contribution in [0.4, 0.5) is 17.1 Å². The smallest absolute Gasteiger partial charge is 0.0998 e. The van der Waals surface area contributed by atoms with Gasteiger partial charge in [0.25, 0.3) is 0 Å². The third-order valence-corrected chi connectivity index (χ3v) is 11.6. The molecule has 1 aromatic heterocycles. The normalized spacial score (nSPS) is 13.2. The first kappa shape index (κ1) is 30.9. The SMILES string of the molecule is N#Cc1cccc(C#N)c1-c1cc(N2c3ccccc3C3(c4ccccc4-c4ccccc43)c3ccccc32)cc(-n2c3ccccc3c3ccccc32)c1. The number of hydrogen-bond acceptors (Lipinski definition) is 3. The number of nitriles is 2. The largest absolute Gasteiger partial charge is 0.310 e. The summed E-state index contributed by atoms with van der Waals surface area (Å²) in [6.45, 7) is 0. The Morgan fingerprint density at radius 2 is 0.873 bits per heavy atom. The number of aromatic nitrogens is 1. The summed E-state index contributed by atoms with van der Waals surface area (Å²) >= 11 is 0. The molecule has 11 rings (SSSR count). The molecular formula is C51H30N4. The molecule has 8 aromatic carbocycles. The first-order valence-electron chi connectivity index (χ1n) is 18.5. The molecule has 9 aromatic rings. The first-order chi connectivity index (χ1) is 27.2. The number of para-hydroxylation sites is 4. The van der Waals surface area contributed by atoms with Crippen LogP contribution >= 0.6 is 0 Å². The van der Waals surface area contributed by atoms with E-state index >= 15 is 0 Å². The molecule has 0 unspecified atom stereocenters. The molecule has 0 saturated carbocycles. The Labute approximate surface area is 318 Å². The van der Waals surface area contributed by atoms with Gasteiger partial charge in [-0.15, -0.1) is 0 Å². The summed E-state index contributed by atoms with van der Waals surface area (Å²) in [5.74, 6) is 0. The number of nitrogens with zero attached hydrogens (tertiary/aromatic N) is 4. The third kappa shape index (κ3) is 4.14.